The van der Waals surface area contributed by atoms with E-state index < -0.39 is 0 Å². The van der Waals surface area contributed by atoms with Gasteiger partial charge in [-0.3, -0.25) is 0 Å². The summed E-state index contributed by atoms with van der Waals surface area (Å²) in [5, 5.41) is 0.428. The molecule has 1 aromatic rings. The first-order chi connectivity index (χ1) is 7.56. The van der Waals surface area contributed by atoms with Gasteiger partial charge in [0, 0.05) is 25.7 Å². The Labute approximate surface area is 106 Å². The van der Waals surface area contributed by atoms with Gasteiger partial charge < -0.3 is 9.80 Å². The number of rotatable bonds is 5. The van der Waals surface area contributed by atoms with Gasteiger partial charge >= 0.3 is 0 Å². The molecule has 0 spiro atoms. The highest BCUT2D eigenvalue weighted by atomic mass is 35.5. The zero-order valence-corrected chi connectivity index (χ0v) is 11.3. The second kappa shape index (κ2) is 6.23. The lowest BCUT2D eigenvalue weighted by molar-refractivity contribution is 0.416. The van der Waals surface area contributed by atoms with Crippen molar-refractivity contribution in [1.29, 1.82) is 0 Å². The van der Waals surface area contributed by atoms with E-state index in [9.17, 15) is 0 Å². The molecule has 16 heavy (non-hydrogen) atoms. The number of likely N-dealkylation sites (N-methyl/N-ethyl adjacent to an activating group) is 2. The van der Waals surface area contributed by atoms with Crippen LogP contribution in [0.25, 0.3) is 0 Å². The van der Waals surface area contributed by atoms with E-state index in [-0.39, 0.29) is 0 Å². The maximum absolute atomic E-state index is 5.96. The van der Waals surface area contributed by atoms with E-state index in [0.29, 0.717) is 11.0 Å². The molecule has 4 nitrogen and oxygen atoms in total. The third-order valence-electron chi connectivity index (χ3n) is 2.25. The van der Waals surface area contributed by atoms with Crippen molar-refractivity contribution in [3.63, 3.8) is 0 Å². The molecule has 0 bridgehead atoms. The van der Waals surface area contributed by atoms with Gasteiger partial charge in [0.1, 0.15) is 17.3 Å². The zero-order chi connectivity index (χ0) is 12.1. The van der Waals surface area contributed by atoms with Crippen LogP contribution in [0.1, 0.15) is 5.56 Å². The molecule has 0 unspecified atom stereocenters. The van der Waals surface area contributed by atoms with Crippen LogP contribution in [-0.2, 0) is 5.88 Å². The minimum absolute atomic E-state index is 0.321. The van der Waals surface area contributed by atoms with E-state index in [1.54, 1.807) is 0 Å². The van der Waals surface area contributed by atoms with Gasteiger partial charge in [0.05, 0.1) is 5.88 Å². The molecular weight excluding hydrogens is 247 g/mol. The SMILES string of the molecule is CN(C)CCN(C)c1ncnc(Cl)c1CCl. The van der Waals surface area contributed by atoms with Crippen molar-refractivity contribution in [3.8, 4) is 0 Å². The lowest BCUT2D eigenvalue weighted by atomic mass is 10.3. The van der Waals surface area contributed by atoms with Crippen molar-refractivity contribution in [2.75, 3.05) is 39.1 Å². The number of aromatic nitrogens is 2. The fraction of sp³-hybridized carbons (Fsp3) is 0.600. The summed E-state index contributed by atoms with van der Waals surface area (Å²) in [6.45, 7) is 1.81. The second-order valence-electron chi connectivity index (χ2n) is 3.83. The van der Waals surface area contributed by atoms with Crippen molar-refractivity contribution in [2.45, 2.75) is 5.88 Å². The van der Waals surface area contributed by atoms with Crippen molar-refractivity contribution in [3.05, 3.63) is 17.0 Å². The Bertz CT molecular complexity index is 344. The van der Waals surface area contributed by atoms with Crippen LogP contribution in [0.3, 0.4) is 0 Å². The Morgan fingerprint density at radius 1 is 1.19 bits per heavy atom. The topological polar surface area (TPSA) is 32.3 Å². The van der Waals surface area contributed by atoms with Gasteiger partial charge in [-0.15, -0.1) is 11.6 Å². The minimum Gasteiger partial charge on any atom is -0.358 e. The van der Waals surface area contributed by atoms with Crippen LogP contribution >= 0.6 is 23.2 Å². The van der Waals surface area contributed by atoms with E-state index in [1.807, 2.05) is 26.0 Å². The number of hydrogen-bond acceptors (Lipinski definition) is 4. The summed E-state index contributed by atoms with van der Waals surface area (Å²) in [7, 11) is 6.03. The highest BCUT2D eigenvalue weighted by Crippen LogP contribution is 2.23. The Morgan fingerprint density at radius 2 is 1.88 bits per heavy atom. The van der Waals surface area contributed by atoms with E-state index in [2.05, 4.69) is 14.9 Å². The number of anilines is 1. The van der Waals surface area contributed by atoms with Crippen molar-refractivity contribution >= 4 is 29.0 Å². The van der Waals surface area contributed by atoms with Gasteiger partial charge in [-0.2, -0.15) is 0 Å². The summed E-state index contributed by atoms with van der Waals surface area (Å²) in [6, 6.07) is 0. The molecule has 0 amide bonds. The van der Waals surface area contributed by atoms with Crippen LogP contribution in [0, 0.1) is 0 Å². The molecule has 0 fully saturated rings. The monoisotopic (exact) mass is 262 g/mol. The summed E-state index contributed by atoms with van der Waals surface area (Å²) < 4.78 is 0. The summed E-state index contributed by atoms with van der Waals surface area (Å²) >= 11 is 11.8. The molecule has 0 saturated heterocycles. The van der Waals surface area contributed by atoms with Gasteiger partial charge in [-0.1, -0.05) is 11.6 Å². The molecule has 0 aliphatic rings. The molecule has 0 saturated carbocycles. The third kappa shape index (κ3) is 3.47. The van der Waals surface area contributed by atoms with Crippen LogP contribution < -0.4 is 4.90 Å². The molecule has 0 aliphatic heterocycles. The van der Waals surface area contributed by atoms with Crippen LogP contribution in [0.2, 0.25) is 5.15 Å². The highest BCUT2D eigenvalue weighted by molar-refractivity contribution is 6.31. The predicted molar refractivity (Wildman–Crippen MR) is 68.4 cm³/mol. The molecule has 0 radical (unpaired) electrons. The first-order valence-corrected chi connectivity index (χ1v) is 5.88. The van der Waals surface area contributed by atoms with E-state index in [0.717, 1.165) is 24.5 Å². The van der Waals surface area contributed by atoms with Crippen molar-refractivity contribution < 1.29 is 0 Å². The molecule has 1 aromatic heterocycles. The predicted octanol–water partition coefficient (Wildman–Crippen LogP) is 1.87. The zero-order valence-electron chi connectivity index (χ0n) is 9.74. The second-order valence-corrected chi connectivity index (χ2v) is 4.45. The molecule has 0 aliphatic carbocycles. The molecule has 1 heterocycles. The standard InChI is InChI=1S/C10H16Cl2N4/c1-15(2)4-5-16(3)10-8(6-11)9(12)13-7-14-10/h7H,4-6H2,1-3H3. The van der Waals surface area contributed by atoms with Crippen LogP contribution in [0.5, 0.6) is 0 Å². The third-order valence-corrected chi connectivity index (χ3v) is 2.84. The Balaban J connectivity index is 2.82. The molecule has 0 aromatic carbocycles. The number of hydrogen-bond donors (Lipinski definition) is 0. The smallest absolute Gasteiger partial charge is 0.138 e. The maximum atomic E-state index is 5.96. The van der Waals surface area contributed by atoms with Crippen molar-refractivity contribution in [2.24, 2.45) is 0 Å². The maximum Gasteiger partial charge on any atom is 0.138 e. The van der Waals surface area contributed by atoms with E-state index >= 15 is 0 Å². The quantitative estimate of drug-likeness (QED) is 0.599. The lowest BCUT2D eigenvalue weighted by Crippen LogP contribution is -2.29. The van der Waals surface area contributed by atoms with Crippen LogP contribution in [0.4, 0.5) is 5.82 Å². The van der Waals surface area contributed by atoms with Crippen LogP contribution in [-0.4, -0.2) is 49.1 Å². The van der Waals surface area contributed by atoms with Gasteiger partial charge in [-0.25, -0.2) is 9.97 Å². The average Bonchev–Trinajstić information content (AvgIpc) is 2.25. The van der Waals surface area contributed by atoms with Crippen LogP contribution in [0.15, 0.2) is 6.33 Å². The van der Waals surface area contributed by atoms with Gasteiger partial charge in [-0.05, 0) is 14.1 Å². The first-order valence-electron chi connectivity index (χ1n) is 4.97. The molecule has 6 heteroatoms. The number of nitrogens with zero attached hydrogens (tertiary/aromatic N) is 4. The van der Waals surface area contributed by atoms with Gasteiger partial charge in [0.25, 0.3) is 0 Å². The lowest BCUT2D eigenvalue weighted by Gasteiger charge is -2.22. The Hall–Kier alpha value is -0.580. The van der Waals surface area contributed by atoms with E-state index in [4.69, 9.17) is 23.2 Å². The average molecular weight is 263 g/mol. The molecule has 0 N–H and O–H groups in total. The summed E-state index contributed by atoms with van der Waals surface area (Å²) in [5.41, 5.74) is 0.784. The number of alkyl halides is 1. The minimum atomic E-state index is 0.321. The summed E-state index contributed by atoms with van der Waals surface area (Å²) in [4.78, 5) is 12.3. The Morgan fingerprint density at radius 3 is 2.44 bits per heavy atom. The first kappa shape index (κ1) is 13.5. The molecule has 1 rings (SSSR count). The summed E-state index contributed by atoms with van der Waals surface area (Å²) in [6.07, 6.45) is 1.46. The van der Waals surface area contributed by atoms with E-state index in [1.165, 1.54) is 6.33 Å². The number of halogens is 2. The van der Waals surface area contributed by atoms with Gasteiger partial charge in [0.2, 0.25) is 0 Å². The highest BCUT2D eigenvalue weighted by Gasteiger charge is 2.12. The summed E-state index contributed by atoms with van der Waals surface area (Å²) in [5.74, 6) is 1.12. The molecular formula is C10H16Cl2N4. The molecule has 90 valence electrons. The fourth-order valence-electron chi connectivity index (χ4n) is 1.28. The fourth-order valence-corrected chi connectivity index (χ4v) is 1.79. The largest absolute Gasteiger partial charge is 0.358 e. The molecule has 0 atom stereocenters. The normalized spacial score (nSPS) is 10.9. The van der Waals surface area contributed by atoms with Gasteiger partial charge in [0.15, 0.2) is 0 Å². The Kier molecular flexibility index (Phi) is 5.25. The van der Waals surface area contributed by atoms with Crippen molar-refractivity contribution in [1.82, 2.24) is 14.9 Å².